The van der Waals surface area contributed by atoms with Crippen molar-refractivity contribution >= 4 is 39.9 Å². The highest BCUT2D eigenvalue weighted by Crippen LogP contribution is 2.20. The second kappa shape index (κ2) is 7.11. The normalized spacial score (nSPS) is 14.7. The minimum atomic E-state index is -0.0795. The number of carbonyl (C=O) groups is 1. The first-order valence-electron chi connectivity index (χ1n) is 7.23. The fourth-order valence-electron chi connectivity index (χ4n) is 2.42. The third kappa shape index (κ3) is 3.59. The number of nitrogens with one attached hydrogen (secondary N) is 1. The quantitative estimate of drug-likeness (QED) is 0.792. The molecule has 1 aliphatic heterocycles. The standard InChI is InChI=1S/C17H17IN2O2/c18-16-4-2-1-3-15(16)17(21)19-13-5-7-14(8-6-13)20-9-11-22-12-10-20/h1-8H,9-12H2,(H,19,21). The van der Waals surface area contributed by atoms with Crippen molar-refractivity contribution in [2.75, 3.05) is 36.5 Å². The molecule has 0 saturated carbocycles. The minimum absolute atomic E-state index is 0.0795. The Labute approximate surface area is 143 Å². The molecule has 0 atom stereocenters. The van der Waals surface area contributed by atoms with E-state index in [1.807, 2.05) is 48.5 Å². The third-order valence-electron chi connectivity index (χ3n) is 3.62. The zero-order valence-electron chi connectivity index (χ0n) is 12.1. The van der Waals surface area contributed by atoms with E-state index in [2.05, 4.69) is 32.8 Å². The number of carbonyl (C=O) groups excluding carboxylic acids is 1. The average molecular weight is 408 g/mol. The van der Waals surface area contributed by atoms with Crippen LogP contribution in [0.2, 0.25) is 0 Å². The lowest BCUT2D eigenvalue weighted by molar-refractivity contribution is 0.102. The van der Waals surface area contributed by atoms with Crippen LogP contribution in [-0.2, 0) is 4.74 Å². The predicted molar refractivity (Wildman–Crippen MR) is 96.6 cm³/mol. The van der Waals surface area contributed by atoms with E-state index >= 15 is 0 Å². The van der Waals surface area contributed by atoms with Gasteiger partial charge in [0.15, 0.2) is 0 Å². The number of rotatable bonds is 3. The molecule has 5 heteroatoms. The molecule has 0 unspecified atom stereocenters. The molecule has 1 heterocycles. The van der Waals surface area contributed by atoms with Crippen LogP contribution < -0.4 is 10.2 Å². The monoisotopic (exact) mass is 408 g/mol. The molecule has 1 saturated heterocycles. The van der Waals surface area contributed by atoms with Crippen molar-refractivity contribution in [2.45, 2.75) is 0 Å². The lowest BCUT2D eigenvalue weighted by Gasteiger charge is -2.28. The molecule has 1 amide bonds. The van der Waals surface area contributed by atoms with Gasteiger partial charge < -0.3 is 15.0 Å². The second-order valence-electron chi connectivity index (χ2n) is 5.08. The molecule has 2 aromatic carbocycles. The van der Waals surface area contributed by atoms with Gasteiger partial charge in [0.1, 0.15) is 0 Å². The van der Waals surface area contributed by atoms with Gasteiger partial charge in [-0.1, -0.05) is 12.1 Å². The first kappa shape index (κ1) is 15.3. The molecule has 0 aromatic heterocycles. The summed E-state index contributed by atoms with van der Waals surface area (Å²) >= 11 is 2.17. The summed E-state index contributed by atoms with van der Waals surface area (Å²) in [4.78, 5) is 14.6. The van der Waals surface area contributed by atoms with Gasteiger partial charge in [-0.3, -0.25) is 4.79 Å². The summed E-state index contributed by atoms with van der Waals surface area (Å²) in [6.45, 7) is 3.36. The number of ether oxygens (including phenoxy) is 1. The number of amides is 1. The van der Waals surface area contributed by atoms with Crippen LogP contribution >= 0.6 is 22.6 Å². The molecule has 0 aliphatic carbocycles. The van der Waals surface area contributed by atoms with Gasteiger partial charge in [-0.2, -0.15) is 0 Å². The van der Waals surface area contributed by atoms with Crippen LogP contribution in [0.15, 0.2) is 48.5 Å². The molecular formula is C17H17IN2O2. The van der Waals surface area contributed by atoms with Crippen LogP contribution in [0.1, 0.15) is 10.4 Å². The number of halogens is 1. The number of nitrogens with zero attached hydrogens (tertiary/aromatic N) is 1. The SMILES string of the molecule is O=C(Nc1ccc(N2CCOCC2)cc1)c1ccccc1I. The smallest absolute Gasteiger partial charge is 0.256 e. The summed E-state index contributed by atoms with van der Waals surface area (Å²) < 4.78 is 6.31. The molecule has 2 aromatic rings. The van der Waals surface area contributed by atoms with E-state index in [0.717, 1.165) is 41.2 Å². The maximum atomic E-state index is 12.3. The zero-order valence-corrected chi connectivity index (χ0v) is 14.2. The lowest BCUT2D eigenvalue weighted by atomic mass is 10.2. The van der Waals surface area contributed by atoms with Gasteiger partial charge in [-0.25, -0.2) is 0 Å². The van der Waals surface area contributed by atoms with Crippen molar-refractivity contribution in [3.8, 4) is 0 Å². The van der Waals surface area contributed by atoms with Crippen LogP contribution in [0.3, 0.4) is 0 Å². The van der Waals surface area contributed by atoms with Crippen LogP contribution in [0.25, 0.3) is 0 Å². The molecule has 0 radical (unpaired) electrons. The van der Waals surface area contributed by atoms with E-state index in [4.69, 9.17) is 4.74 Å². The van der Waals surface area contributed by atoms with Crippen molar-refractivity contribution < 1.29 is 9.53 Å². The van der Waals surface area contributed by atoms with Crippen molar-refractivity contribution in [3.05, 3.63) is 57.7 Å². The van der Waals surface area contributed by atoms with E-state index < -0.39 is 0 Å². The average Bonchev–Trinajstić information content (AvgIpc) is 2.57. The maximum absolute atomic E-state index is 12.3. The van der Waals surface area contributed by atoms with E-state index in [9.17, 15) is 4.79 Å². The fourth-order valence-corrected chi connectivity index (χ4v) is 3.05. The Morgan fingerprint density at radius 3 is 2.41 bits per heavy atom. The zero-order chi connectivity index (χ0) is 15.4. The molecule has 1 aliphatic rings. The van der Waals surface area contributed by atoms with Crippen molar-refractivity contribution in [2.24, 2.45) is 0 Å². The Morgan fingerprint density at radius 1 is 1.05 bits per heavy atom. The Hall–Kier alpha value is -1.60. The maximum Gasteiger partial charge on any atom is 0.256 e. The highest BCUT2D eigenvalue weighted by atomic mass is 127. The number of benzene rings is 2. The summed E-state index contributed by atoms with van der Waals surface area (Å²) in [5.74, 6) is -0.0795. The topological polar surface area (TPSA) is 41.6 Å². The van der Waals surface area contributed by atoms with E-state index in [-0.39, 0.29) is 5.91 Å². The number of hydrogen-bond donors (Lipinski definition) is 1. The highest BCUT2D eigenvalue weighted by molar-refractivity contribution is 14.1. The van der Waals surface area contributed by atoms with Gasteiger partial charge in [0.05, 0.1) is 18.8 Å². The summed E-state index contributed by atoms with van der Waals surface area (Å²) in [7, 11) is 0. The Morgan fingerprint density at radius 2 is 1.73 bits per heavy atom. The summed E-state index contributed by atoms with van der Waals surface area (Å²) in [6, 6.07) is 15.5. The van der Waals surface area contributed by atoms with E-state index in [1.165, 1.54) is 0 Å². The fraction of sp³-hybridized carbons (Fsp3) is 0.235. The molecule has 1 N–H and O–H groups in total. The van der Waals surface area contributed by atoms with Crippen molar-refractivity contribution in [1.29, 1.82) is 0 Å². The first-order chi connectivity index (χ1) is 10.7. The third-order valence-corrected chi connectivity index (χ3v) is 4.56. The lowest BCUT2D eigenvalue weighted by Crippen LogP contribution is -2.36. The molecule has 0 spiro atoms. The minimum Gasteiger partial charge on any atom is -0.378 e. The first-order valence-corrected chi connectivity index (χ1v) is 8.30. The summed E-state index contributed by atoms with van der Waals surface area (Å²) in [5, 5.41) is 2.94. The van der Waals surface area contributed by atoms with Gasteiger partial charge in [0.2, 0.25) is 0 Å². The van der Waals surface area contributed by atoms with Gasteiger partial charge in [-0.15, -0.1) is 0 Å². The number of hydrogen-bond acceptors (Lipinski definition) is 3. The van der Waals surface area contributed by atoms with Crippen LogP contribution in [0.5, 0.6) is 0 Å². The van der Waals surface area contributed by atoms with Gasteiger partial charge in [0.25, 0.3) is 5.91 Å². The second-order valence-corrected chi connectivity index (χ2v) is 6.24. The molecule has 3 rings (SSSR count). The van der Waals surface area contributed by atoms with Crippen molar-refractivity contribution in [3.63, 3.8) is 0 Å². The summed E-state index contributed by atoms with van der Waals surface area (Å²) in [6.07, 6.45) is 0. The highest BCUT2D eigenvalue weighted by Gasteiger charge is 2.12. The number of anilines is 2. The van der Waals surface area contributed by atoms with Gasteiger partial charge >= 0.3 is 0 Å². The van der Waals surface area contributed by atoms with E-state index in [0.29, 0.717) is 5.56 Å². The predicted octanol–water partition coefficient (Wildman–Crippen LogP) is 3.38. The molecular weight excluding hydrogens is 391 g/mol. The van der Waals surface area contributed by atoms with Crippen LogP contribution in [0.4, 0.5) is 11.4 Å². The molecule has 1 fully saturated rings. The Kier molecular flexibility index (Phi) is 4.94. The molecule has 0 bridgehead atoms. The molecule has 114 valence electrons. The molecule has 4 nitrogen and oxygen atoms in total. The Balaban J connectivity index is 1.68. The summed E-state index contributed by atoms with van der Waals surface area (Å²) in [5.41, 5.74) is 2.66. The molecule has 22 heavy (non-hydrogen) atoms. The van der Waals surface area contributed by atoms with Crippen molar-refractivity contribution in [1.82, 2.24) is 0 Å². The van der Waals surface area contributed by atoms with Gasteiger partial charge in [-0.05, 0) is 59.0 Å². The van der Waals surface area contributed by atoms with Crippen LogP contribution in [-0.4, -0.2) is 32.2 Å². The largest absolute Gasteiger partial charge is 0.378 e. The van der Waals surface area contributed by atoms with Crippen LogP contribution in [0, 0.1) is 3.57 Å². The Bertz CT molecular complexity index is 652. The van der Waals surface area contributed by atoms with Gasteiger partial charge in [0, 0.05) is 28.0 Å². The number of morpholine rings is 1. The van der Waals surface area contributed by atoms with E-state index in [1.54, 1.807) is 0 Å².